The number of carbonyl (C=O) groups excluding carboxylic acids is 2. The molecule has 2 aromatic carbocycles. The van der Waals surface area contributed by atoms with Crippen molar-refractivity contribution >= 4 is 17.9 Å². The van der Waals surface area contributed by atoms with E-state index in [9.17, 15) is 14.4 Å². The van der Waals surface area contributed by atoms with Crippen LogP contribution in [-0.2, 0) is 25.5 Å². The molecule has 0 aromatic heterocycles. The summed E-state index contributed by atoms with van der Waals surface area (Å²) in [5.74, 6) is -2.11. The lowest BCUT2D eigenvalue weighted by molar-refractivity contribution is -0.136. The fourth-order valence-electron chi connectivity index (χ4n) is 4.32. The number of carboxylic acids is 1. The molecule has 0 fully saturated rings. The van der Waals surface area contributed by atoms with E-state index < -0.39 is 11.9 Å². The Bertz CT molecular complexity index is 1100. The van der Waals surface area contributed by atoms with Crippen molar-refractivity contribution in [2.45, 2.75) is 84.0 Å². The van der Waals surface area contributed by atoms with Gasteiger partial charge in [0.1, 0.15) is 0 Å². The fraction of sp³-hybridized carbons (Fsp3) is 0.441. The van der Waals surface area contributed by atoms with E-state index in [0.29, 0.717) is 12.2 Å². The van der Waals surface area contributed by atoms with Crippen LogP contribution in [0.2, 0.25) is 0 Å². The molecule has 2 aromatic rings. The minimum atomic E-state index is -1.15. The van der Waals surface area contributed by atoms with Crippen LogP contribution in [0.5, 0.6) is 0 Å². The summed E-state index contributed by atoms with van der Waals surface area (Å²) >= 11 is 0. The first-order valence-corrected chi connectivity index (χ1v) is 14.5. The number of esters is 2. The highest BCUT2D eigenvalue weighted by atomic mass is 16.5. The molecule has 6 heteroatoms. The Morgan fingerprint density at radius 2 is 1.38 bits per heavy atom. The Morgan fingerprint density at radius 3 is 1.98 bits per heavy atom. The second kappa shape index (κ2) is 19.4. The molecule has 2 rings (SSSR count). The lowest BCUT2D eigenvalue weighted by atomic mass is 10.0. The van der Waals surface area contributed by atoms with Crippen molar-refractivity contribution in [2.75, 3.05) is 13.7 Å². The largest absolute Gasteiger partial charge is 0.478 e. The Kier molecular flexibility index (Phi) is 15.8. The van der Waals surface area contributed by atoms with Crippen molar-refractivity contribution in [3.8, 4) is 11.1 Å². The molecule has 6 nitrogen and oxygen atoms in total. The first kappa shape index (κ1) is 32.5. The van der Waals surface area contributed by atoms with Crippen molar-refractivity contribution in [1.29, 1.82) is 0 Å². The summed E-state index contributed by atoms with van der Waals surface area (Å²) in [6.45, 7) is 2.64. The van der Waals surface area contributed by atoms with Crippen molar-refractivity contribution in [3.63, 3.8) is 0 Å². The van der Waals surface area contributed by atoms with E-state index in [1.54, 1.807) is 6.08 Å². The van der Waals surface area contributed by atoms with Crippen molar-refractivity contribution in [3.05, 3.63) is 83.5 Å². The molecule has 0 heterocycles. The predicted octanol–water partition coefficient (Wildman–Crippen LogP) is 8.10. The number of aryl methyl sites for hydroxylation is 1. The zero-order valence-electron chi connectivity index (χ0n) is 24.0. The lowest BCUT2D eigenvalue weighted by Crippen LogP contribution is -2.06. The van der Waals surface area contributed by atoms with Gasteiger partial charge in [0, 0.05) is 6.08 Å². The van der Waals surface area contributed by atoms with Crippen molar-refractivity contribution < 1.29 is 29.0 Å². The van der Waals surface area contributed by atoms with Gasteiger partial charge in [-0.05, 0) is 60.9 Å². The molecule has 0 aliphatic heterocycles. The SMILES string of the molecule is CCCCCc1ccc(-c2ccc(C(=O)OCCCCCCCCC/C=C/C(=C/C(=O)OC)C(=O)O)cc2)cc1. The van der Waals surface area contributed by atoms with Crippen LogP contribution < -0.4 is 0 Å². The van der Waals surface area contributed by atoms with Crippen LogP contribution in [0.25, 0.3) is 11.1 Å². The highest BCUT2D eigenvalue weighted by Crippen LogP contribution is 2.21. The molecule has 0 atom stereocenters. The maximum absolute atomic E-state index is 12.4. The van der Waals surface area contributed by atoms with Crippen LogP contribution in [0.1, 0.15) is 93.5 Å². The number of carbonyl (C=O) groups is 3. The number of hydrogen-bond acceptors (Lipinski definition) is 5. The third-order valence-electron chi connectivity index (χ3n) is 6.74. The van der Waals surface area contributed by atoms with Gasteiger partial charge in [0.15, 0.2) is 0 Å². The van der Waals surface area contributed by atoms with Crippen LogP contribution in [0.4, 0.5) is 0 Å². The molecule has 40 heavy (non-hydrogen) atoms. The maximum Gasteiger partial charge on any atom is 0.338 e. The Hall–Kier alpha value is -3.67. The summed E-state index contributed by atoms with van der Waals surface area (Å²) in [5.41, 5.74) is 4.10. The average molecular weight is 549 g/mol. The Labute approximate surface area is 239 Å². The second-order valence-electron chi connectivity index (χ2n) is 9.96. The normalized spacial score (nSPS) is 11.5. The third kappa shape index (κ3) is 12.9. The number of carboxylic acid groups (broad SMARTS) is 1. The van der Waals surface area contributed by atoms with E-state index in [2.05, 4.69) is 35.9 Å². The molecule has 0 unspecified atom stereocenters. The molecule has 0 spiro atoms. The van der Waals surface area contributed by atoms with E-state index in [-0.39, 0.29) is 11.5 Å². The summed E-state index contributed by atoms with van der Waals surface area (Å²) in [7, 11) is 1.21. The zero-order valence-corrected chi connectivity index (χ0v) is 24.0. The first-order valence-electron chi connectivity index (χ1n) is 14.5. The predicted molar refractivity (Wildman–Crippen MR) is 159 cm³/mol. The van der Waals surface area contributed by atoms with Gasteiger partial charge in [0.2, 0.25) is 0 Å². The van der Waals surface area contributed by atoms with Crippen LogP contribution in [0.15, 0.2) is 72.3 Å². The van der Waals surface area contributed by atoms with E-state index in [0.717, 1.165) is 75.0 Å². The number of unbranched alkanes of at least 4 members (excludes halogenated alkanes) is 9. The second-order valence-corrected chi connectivity index (χ2v) is 9.96. The Morgan fingerprint density at radius 1 is 0.775 bits per heavy atom. The Balaban J connectivity index is 1.56. The smallest absolute Gasteiger partial charge is 0.338 e. The fourth-order valence-corrected chi connectivity index (χ4v) is 4.32. The van der Waals surface area contributed by atoms with Gasteiger partial charge in [-0.25, -0.2) is 14.4 Å². The van der Waals surface area contributed by atoms with E-state index in [1.807, 2.05) is 24.3 Å². The summed E-state index contributed by atoms with van der Waals surface area (Å²) in [6.07, 6.45) is 17.0. The summed E-state index contributed by atoms with van der Waals surface area (Å²) in [5, 5.41) is 9.09. The van der Waals surface area contributed by atoms with E-state index >= 15 is 0 Å². The van der Waals surface area contributed by atoms with Gasteiger partial charge in [-0.3, -0.25) is 0 Å². The van der Waals surface area contributed by atoms with Gasteiger partial charge in [-0.2, -0.15) is 0 Å². The number of ether oxygens (including phenoxy) is 2. The molecular weight excluding hydrogens is 504 g/mol. The molecule has 1 N–H and O–H groups in total. The quantitative estimate of drug-likeness (QED) is 0.0825. The highest BCUT2D eigenvalue weighted by Gasteiger charge is 2.08. The number of rotatable bonds is 19. The topological polar surface area (TPSA) is 89.9 Å². The van der Waals surface area contributed by atoms with Crippen LogP contribution in [-0.4, -0.2) is 36.7 Å². The van der Waals surface area contributed by atoms with Crippen LogP contribution in [0.3, 0.4) is 0 Å². The van der Waals surface area contributed by atoms with Crippen LogP contribution >= 0.6 is 0 Å². The molecule has 0 aliphatic rings. The maximum atomic E-state index is 12.4. The number of aliphatic carboxylic acids is 1. The number of allylic oxidation sites excluding steroid dienone is 1. The molecule has 0 radical (unpaired) electrons. The molecule has 0 saturated heterocycles. The average Bonchev–Trinajstić information content (AvgIpc) is 2.97. The summed E-state index contributed by atoms with van der Waals surface area (Å²) < 4.78 is 9.92. The van der Waals surface area contributed by atoms with Crippen LogP contribution in [0, 0.1) is 0 Å². The summed E-state index contributed by atoms with van der Waals surface area (Å²) in [4.78, 5) is 34.7. The molecule has 0 bridgehead atoms. The molecule has 0 saturated carbocycles. The first-order chi connectivity index (χ1) is 19.4. The minimum Gasteiger partial charge on any atom is -0.478 e. The minimum absolute atomic E-state index is 0.0804. The van der Waals surface area contributed by atoms with Gasteiger partial charge < -0.3 is 14.6 Å². The van der Waals surface area contributed by atoms with Gasteiger partial charge >= 0.3 is 17.9 Å². The van der Waals surface area contributed by atoms with E-state index in [1.165, 1.54) is 38.0 Å². The van der Waals surface area contributed by atoms with E-state index in [4.69, 9.17) is 9.84 Å². The van der Waals surface area contributed by atoms with Gasteiger partial charge in [0.05, 0.1) is 24.9 Å². The molecule has 216 valence electrons. The van der Waals surface area contributed by atoms with Gasteiger partial charge in [0.25, 0.3) is 0 Å². The lowest BCUT2D eigenvalue weighted by Gasteiger charge is -2.07. The van der Waals surface area contributed by atoms with Crippen molar-refractivity contribution in [2.24, 2.45) is 0 Å². The molecular formula is C34H44O6. The highest BCUT2D eigenvalue weighted by molar-refractivity contribution is 5.97. The standard InChI is InChI=1S/C34H44O6/c1-3-4-12-15-27-17-19-28(20-18-27)29-21-23-30(24-22-29)34(38)40-25-14-11-9-7-5-6-8-10-13-16-31(33(36)37)26-32(35)39-2/h13,16-24,26H,3-12,14-15,25H2,1-2H3,(H,36,37)/b16-13+,31-26-. The third-order valence-corrected chi connectivity index (χ3v) is 6.74. The van der Waals surface area contributed by atoms with Gasteiger partial charge in [-0.15, -0.1) is 0 Å². The number of benzene rings is 2. The molecule has 0 amide bonds. The number of hydrogen-bond donors (Lipinski definition) is 1. The van der Waals surface area contributed by atoms with Gasteiger partial charge in [-0.1, -0.05) is 100 Å². The molecule has 0 aliphatic carbocycles. The summed E-state index contributed by atoms with van der Waals surface area (Å²) in [6, 6.07) is 16.3. The number of methoxy groups -OCH3 is 1. The van der Waals surface area contributed by atoms with Crippen molar-refractivity contribution in [1.82, 2.24) is 0 Å². The monoisotopic (exact) mass is 548 g/mol. The zero-order chi connectivity index (χ0) is 29.0.